The molecule has 0 unspecified atom stereocenters. The van der Waals surface area contributed by atoms with Crippen molar-refractivity contribution >= 4 is 16.9 Å². The van der Waals surface area contributed by atoms with Crippen molar-refractivity contribution in [2.45, 2.75) is 70.5 Å². The minimum Gasteiger partial charge on any atom is -0.479 e. The maximum Gasteiger partial charge on any atom is 0.347 e. The van der Waals surface area contributed by atoms with Crippen LogP contribution in [0.5, 0.6) is 5.75 Å². The summed E-state index contributed by atoms with van der Waals surface area (Å²) in [4.78, 5) is 24.4. The van der Waals surface area contributed by atoms with E-state index < -0.39 is 6.10 Å². The fraction of sp³-hybridized carbons (Fsp3) is 0.524. The van der Waals surface area contributed by atoms with Crippen molar-refractivity contribution in [2.24, 2.45) is 0 Å². The maximum atomic E-state index is 12.3. The largest absolute Gasteiger partial charge is 0.479 e. The average Bonchev–Trinajstić information content (AvgIpc) is 3.13. The van der Waals surface area contributed by atoms with Gasteiger partial charge in [0.05, 0.1) is 0 Å². The Kier molecular flexibility index (Phi) is 4.70. The summed E-state index contributed by atoms with van der Waals surface area (Å²) in [5, 5.41) is 0.960. The molecule has 1 aromatic carbocycles. The number of rotatable bonds is 4. The fourth-order valence-electron chi connectivity index (χ4n) is 4.03. The van der Waals surface area contributed by atoms with Gasteiger partial charge in [-0.05, 0) is 69.6 Å². The number of hydrogen-bond acceptors (Lipinski definition) is 5. The van der Waals surface area contributed by atoms with Gasteiger partial charge in [-0.15, -0.1) is 0 Å². The third-order valence-electron chi connectivity index (χ3n) is 5.42. The van der Waals surface area contributed by atoms with E-state index in [1.807, 2.05) is 12.1 Å². The molecule has 0 N–H and O–H groups in total. The zero-order valence-corrected chi connectivity index (χ0v) is 15.1. The van der Waals surface area contributed by atoms with E-state index in [4.69, 9.17) is 13.9 Å². The lowest BCUT2D eigenvalue weighted by atomic mass is 9.98. The highest BCUT2D eigenvalue weighted by atomic mass is 16.6. The smallest absolute Gasteiger partial charge is 0.347 e. The van der Waals surface area contributed by atoms with Crippen LogP contribution >= 0.6 is 0 Å². The Morgan fingerprint density at radius 1 is 1.12 bits per heavy atom. The second kappa shape index (κ2) is 7.14. The first-order valence-electron chi connectivity index (χ1n) is 9.57. The van der Waals surface area contributed by atoms with Crippen LogP contribution in [-0.4, -0.2) is 18.2 Å². The Morgan fingerprint density at radius 2 is 1.88 bits per heavy atom. The second-order valence-corrected chi connectivity index (χ2v) is 7.32. The molecule has 4 rings (SSSR count). The van der Waals surface area contributed by atoms with Crippen LogP contribution in [0.2, 0.25) is 0 Å². The topological polar surface area (TPSA) is 65.7 Å². The molecule has 1 fully saturated rings. The van der Waals surface area contributed by atoms with Crippen LogP contribution in [0.3, 0.4) is 0 Å². The molecule has 5 nitrogen and oxygen atoms in total. The summed E-state index contributed by atoms with van der Waals surface area (Å²) >= 11 is 0. The molecule has 0 spiro atoms. The molecular weight excluding hydrogens is 332 g/mol. The Hall–Kier alpha value is -2.30. The van der Waals surface area contributed by atoms with Crippen LogP contribution in [0, 0.1) is 0 Å². The summed E-state index contributed by atoms with van der Waals surface area (Å²) in [5.74, 6) is 0.166. The van der Waals surface area contributed by atoms with Gasteiger partial charge >= 0.3 is 11.6 Å². The lowest BCUT2D eigenvalue weighted by Crippen LogP contribution is -2.31. The number of hydrogen-bond donors (Lipinski definition) is 0. The van der Waals surface area contributed by atoms with Gasteiger partial charge in [-0.3, -0.25) is 0 Å². The van der Waals surface area contributed by atoms with E-state index in [2.05, 4.69) is 0 Å². The molecule has 2 aliphatic rings. The highest BCUT2D eigenvalue weighted by molar-refractivity contribution is 5.83. The first-order valence-corrected chi connectivity index (χ1v) is 9.57. The molecule has 1 heterocycles. The van der Waals surface area contributed by atoms with Crippen LogP contribution < -0.4 is 10.4 Å². The third-order valence-corrected chi connectivity index (χ3v) is 5.42. The monoisotopic (exact) mass is 356 g/mol. The number of benzene rings is 1. The minimum atomic E-state index is -0.699. The van der Waals surface area contributed by atoms with Crippen molar-refractivity contribution < 1.29 is 18.7 Å². The standard InChI is InChI=1S/C21H24O5/c1-13(20(22)25-14-6-3-2-4-7-14)24-15-10-11-17-16-8-5-9-18(16)21(23)26-19(17)12-15/h10-14H,2-9H2,1H3/t13-/m1/s1. The summed E-state index contributed by atoms with van der Waals surface area (Å²) in [6.45, 7) is 1.69. The molecule has 0 aliphatic heterocycles. The van der Waals surface area contributed by atoms with E-state index in [1.54, 1.807) is 13.0 Å². The molecule has 2 aromatic rings. The van der Waals surface area contributed by atoms with Crippen LogP contribution in [0.25, 0.3) is 11.0 Å². The molecular formula is C21H24O5. The summed E-state index contributed by atoms with van der Waals surface area (Å²) < 4.78 is 16.8. The molecule has 5 heteroatoms. The van der Waals surface area contributed by atoms with Gasteiger partial charge in [0.25, 0.3) is 0 Å². The Balaban J connectivity index is 1.49. The van der Waals surface area contributed by atoms with Crippen LogP contribution in [0.4, 0.5) is 0 Å². The number of aryl methyl sites for hydroxylation is 1. The number of esters is 1. The summed E-state index contributed by atoms with van der Waals surface area (Å²) in [5.41, 5.74) is 2.15. The van der Waals surface area contributed by atoms with Crippen molar-refractivity contribution in [1.82, 2.24) is 0 Å². The molecule has 1 atom stereocenters. The summed E-state index contributed by atoms with van der Waals surface area (Å²) in [6, 6.07) is 5.43. The van der Waals surface area contributed by atoms with Gasteiger partial charge in [0, 0.05) is 17.0 Å². The molecule has 0 amide bonds. The normalized spacial score (nSPS) is 18.5. The van der Waals surface area contributed by atoms with Crippen LogP contribution in [0.15, 0.2) is 27.4 Å². The molecule has 2 aliphatic carbocycles. The van der Waals surface area contributed by atoms with Gasteiger partial charge in [0.15, 0.2) is 6.10 Å². The highest BCUT2D eigenvalue weighted by Crippen LogP contribution is 2.30. The van der Waals surface area contributed by atoms with E-state index in [9.17, 15) is 9.59 Å². The van der Waals surface area contributed by atoms with Crippen molar-refractivity contribution in [1.29, 1.82) is 0 Å². The van der Waals surface area contributed by atoms with E-state index in [0.717, 1.165) is 61.5 Å². The molecule has 0 bridgehead atoms. The first kappa shape index (κ1) is 17.1. The van der Waals surface area contributed by atoms with Gasteiger partial charge in [-0.2, -0.15) is 0 Å². The molecule has 26 heavy (non-hydrogen) atoms. The number of carbonyl (C=O) groups is 1. The first-order chi connectivity index (χ1) is 12.6. The van der Waals surface area contributed by atoms with E-state index in [1.165, 1.54) is 6.42 Å². The lowest BCUT2D eigenvalue weighted by molar-refractivity contribution is -0.158. The molecule has 0 saturated heterocycles. The van der Waals surface area contributed by atoms with E-state index in [-0.39, 0.29) is 17.7 Å². The summed E-state index contributed by atoms with van der Waals surface area (Å²) in [6.07, 6.45) is 7.30. The second-order valence-electron chi connectivity index (χ2n) is 7.32. The van der Waals surface area contributed by atoms with Crippen molar-refractivity contribution in [3.8, 4) is 5.75 Å². The van der Waals surface area contributed by atoms with Crippen molar-refractivity contribution in [3.63, 3.8) is 0 Å². The maximum absolute atomic E-state index is 12.3. The number of fused-ring (bicyclic) bond motifs is 3. The van der Waals surface area contributed by atoms with Gasteiger partial charge in [0.2, 0.25) is 0 Å². The summed E-state index contributed by atoms with van der Waals surface area (Å²) in [7, 11) is 0. The fourth-order valence-corrected chi connectivity index (χ4v) is 4.03. The molecule has 1 saturated carbocycles. The zero-order valence-electron chi connectivity index (χ0n) is 15.1. The number of ether oxygens (including phenoxy) is 2. The predicted molar refractivity (Wildman–Crippen MR) is 97.6 cm³/mol. The number of carbonyl (C=O) groups excluding carboxylic acids is 1. The lowest BCUT2D eigenvalue weighted by Gasteiger charge is -2.23. The third kappa shape index (κ3) is 3.35. The van der Waals surface area contributed by atoms with Crippen molar-refractivity contribution in [2.75, 3.05) is 0 Å². The molecule has 138 valence electrons. The quantitative estimate of drug-likeness (QED) is 0.613. The minimum absolute atomic E-state index is 0.0134. The van der Waals surface area contributed by atoms with Gasteiger partial charge in [0.1, 0.15) is 17.4 Å². The predicted octanol–water partition coefficient (Wildman–Crippen LogP) is 3.92. The average molecular weight is 356 g/mol. The van der Waals surface area contributed by atoms with Crippen molar-refractivity contribution in [3.05, 3.63) is 39.7 Å². The van der Waals surface area contributed by atoms with E-state index >= 15 is 0 Å². The Bertz CT molecular complexity index is 876. The van der Waals surface area contributed by atoms with E-state index in [0.29, 0.717) is 11.3 Å². The van der Waals surface area contributed by atoms with Gasteiger partial charge in [-0.1, -0.05) is 6.42 Å². The van der Waals surface area contributed by atoms with Crippen LogP contribution in [0.1, 0.15) is 56.6 Å². The molecule has 0 radical (unpaired) electrons. The van der Waals surface area contributed by atoms with Gasteiger partial charge < -0.3 is 13.9 Å². The highest BCUT2D eigenvalue weighted by Gasteiger charge is 2.24. The zero-order chi connectivity index (χ0) is 18.1. The Morgan fingerprint density at radius 3 is 2.69 bits per heavy atom. The SMILES string of the molecule is C[C@@H](Oc1ccc2c3c(c(=O)oc2c1)CCC3)C(=O)OC1CCCCC1. The Labute approximate surface area is 152 Å². The van der Waals surface area contributed by atoms with Gasteiger partial charge in [-0.25, -0.2) is 9.59 Å². The molecule has 1 aromatic heterocycles. The van der Waals surface area contributed by atoms with Crippen LogP contribution in [-0.2, 0) is 22.4 Å².